The number of nitrogen functional groups attached to an aromatic ring is 1. The highest BCUT2D eigenvalue weighted by Gasteiger charge is 2.42. The Bertz CT molecular complexity index is 767. The van der Waals surface area contributed by atoms with Crippen LogP contribution in [0.25, 0.3) is 0 Å². The number of amides is 1. The van der Waals surface area contributed by atoms with Crippen molar-refractivity contribution in [3.63, 3.8) is 0 Å². The topological polar surface area (TPSA) is 91.5 Å². The van der Waals surface area contributed by atoms with Crippen molar-refractivity contribution in [3.8, 4) is 0 Å². The highest BCUT2D eigenvalue weighted by atomic mass is 32.1. The summed E-state index contributed by atoms with van der Waals surface area (Å²) in [6, 6.07) is 5.57. The Morgan fingerprint density at radius 1 is 1.35 bits per heavy atom. The number of anilines is 1. The van der Waals surface area contributed by atoms with Gasteiger partial charge < -0.3 is 16.2 Å². The fraction of sp³-hybridized carbons (Fsp3) is 0.474. The molecule has 7 heteroatoms. The Kier molecular flexibility index (Phi) is 4.93. The zero-order valence-corrected chi connectivity index (χ0v) is 15.4. The summed E-state index contributed by atoms with van der Waals surface area (Å²) in [5.74, 6) is 1.45. The van der Waals surface area contributed by atoms with E-state index in [-0.39, 0.29) is 11.9 Å². The first kappa shape index (κ1) is 17.5. The van der Waals surface area contributed by atoms with Crippen LogP contribution in [0.2, 0.25) is 0 Å². The van der Waals surface area contributed by atoms with Crippen LogP contribution in [0.4, 0.5) is 5.82 Å². The molecular weight excluding hydrogens is 348 g/mol. The molecule has 4 rings (SSSR count). The Morgan fingerprint density at radius 3 is 2.88 bits per heavy atom. The lowest BCUT2D eigenvalue weighted by Gasteiger charge is -2.35. The minimum atomic E-state index is -0.484. The monoisotopic (exact) mass is 372 g/mol. The maximum atomic E-state index is 12.3. The lowest BCUT2D eigenvalue weighted by Crippen LogP contribution is -2.49. The van der Waals surface area contributed by atoms with Gasteiger partial charge in [0.15, 0.2) is 0 Å². The van der Waals surface area contributed by atoms with E-state index in [1.165, 1.54) is 11.3 Å². The molecule has 1 saturated heterocycles. The van der Waals surface area contributed by atoms with Crippen molar-refractivity contribution in [1.82, 2.24) is 15.2 Å². The average molecular weight is 372 g/mol. The SMILES string of the molecule is Nc1ncccc1CN1C[C@H]2C[C@H](O)[C@@H](NC(=O)c3ccsc3)C[C@H]2C1. The largest absolute Gasteiger partial charge is 0.391 e. The lowest BCUT2D eigenvalue weighted by molar-refractivity contribution is 0.0462. The number of nitrogens with zero attached hydrogens (tertiary/aromatic N) is 2. The van der Waals surface area contributed by atoms with Gasteiger partial charge in [-0.3, -0.25) is 9.69 Å². The number of carbonyl (C=O) groups excluding carboxylic acids is 1. The van der Waals surface area contributed by atoms with Crippen molar-refractivity contribution >= 4 is 23.1 Å². The lowest BCUT2D eigenvalue weighted by atomic mass is 9.77. The summed E-state index contributed by atoms with van der Waals surface area (Å²) < 4.78 is 0. The number of thiophene rings is 1. The highest BCUT2D eigenvalue weighted by Crippen LogP contribution is 2.37. The number of fused-ring (bicyclic) bond motifs is 1. The van der Waals surface area contributed by atoms with Crippen LogP contribution in [0.1, 0.15) is 28.8 Å². The summed E-state index contributed by atoms with van der Waals surface area (Å²) in [4.78, 5) is 18.9. The van der Waals surface area contributed by atoms with Crippen molar-refractivity contribution in [2.45, 2.75) is 31.5 Å². The molecule has 2 aliphatic rings. The van der Waals surface area contributed by atoms with Crippen molar-refractivity contribution in [3.05, 3.63) is 46.3 Å². The Balaban J connectivity index is 1.37. The molecule has 0 aromatic carbocycles. The van der Waals surface area contributed by atoms with Crippen LogP contribution < -0.4 is 11.1 Å². The number of nitrogens with one attached hydrogen (secondary N) is 1. The zero-order chi connectivity index (χ0) is 18.1. The predicted molar refractivity (Wildman–Crippen MR) is 102 cm³/mol. The summed E-state index contributed by atoms with van der Waals surface area (Å²) in [6.45, 7) is 2.71. The number of carbonyl (C=O) groups is 1. The molecule has 2 aromatic rings. The Morgan fingerprint density at radius 2 is 2.15 bits per heavy atom. The van der Waals surface area contributed by atoms with E-state index in [2.05, 4.69) is 15.2 Å². The van der Waals surface area contributed by atoms with Crippen LogP contribution >= 0.6 is 11.3 Å². The van der Waals surface area contributed by atoms with E-state index in [9.17, 15) is 9.90 Å². The van der Waals surface area contributed by atoms with Gasteiger partial charge in [0.05, 0.1) is 12.1 Å². The fourth-order valence-corrected chi connectivity index (χ4v) is 4.92. The fourth-order valence-electron chi connectivity index (χ4n) is 4.28. The van der Waals surface area contributed by atoms with Crippen LogP contribution in [0, 0.1) is 11.8 Å². The molecule has 2 fully saturated rings. The second-order valence-electron chi connectivity index (χ2n) is 7.39. The van der Waals surface area contributed by atoms with E-state index in [4.69, 9.17) is 5.73 Å². The number of hydrogen-bond acceptors (Lipinski definition) is 6. The van der Waals surface area contributed by atoms with Crippen molar-refractivity contribution in [2.75, 3.05) is 18.8 Å². The molecule has 26 heavy (non-hydrogen) atoms. The number of rotatable bonds is 4. The quantitative estimate of drug-likeness (QED) is 0.760. The molecule has 1 aliphatic heterocycles. The summed E-state index contributed by atoms with van der Waals surface area (Å²) in [5, 5.41) is 17.3. The van der Waals surface area contributed by atoms with E-state index in [1.54, 1.807) is 6.20 Å². The number of aromatic nitrogens is 1. The first-order valence-corrected chi connectivity index (χ1v) is 9.97. The van der Waals surface area contributed by atoms with Gasteiger partial charge in [-0.05, 0) is 42.2 Å². The van der Waals surface area contributed by atoms with Crippen molar-refractivity contribution in [2.24, 2.45) is 11.8 Å². The minimum absolute atomic E-state index is 0.0910. The predicted octanol–water partition coefficient (Wildman–Crippen LogP) is 1.73. The normalized spacial score (nSPS) is 28.7. The van der Waals surface area contributed by atoms with E-state index < -0.39 is 6.10 Å². The summed E-state index contributed by atoms with van der Waals surface area (Å²) in [7, 11) is 0. The second-order valence-corrected chi connectivity index (χ2v) is 8.17. The minimum Gasteiger partial charge on any atom is -0.391 e. The Hall–Kier alpha value is -1.96. The van der Waals surface area contributed by atoms with Gasteiger partial charge in [-0.1, -0.05) is 6.07 Å². The molecule has 1 amide bonds. The molecule has 4 N–H and O–H groups in total. The standard InChI is InChI=1S/C19H24N4O2S/c20-18-12(2-1-4-21-18)8-23-9-14-6-16(17(24)7-15(14)10-23)22-19(25)13-3-5-26-11-13/h1-5,11,14-17,24H,6-10H2,(H2,20,21)(H,22,25)/t14-,15+,16-,17-/m0/s1. The van der Waals surface area contributed by atoms with E-state index in [0.717, 1.165) is 38.0 Å². The van der Waals surface area contributed by atoms with Crippen LogP contribution in [0.3, 0.4) is 0 Å². The Labute approximate surface area is 157 Å². The molecule has 0 radical (unpaired) electrons. The van der Waals surface area contributed by atoms with Gasteiger partial charge in [0.25, 0.3) is 5.91 Å². The molecule has 1 saturated carbocycles. The van der Waals surface area contributed by atoms with E-state index >= 15 is 0 Å². The van der Waals surface area contributed by atoms with Gasteiger partial charge in [-0.25, -0.2) is 4.98 Å². The van der Waals surface area contributed by atoms with Gasteiger partial charge in [0.2, 0.25) is 0 Å². The average Bonchev–Trinajstić information content (AvgIpc) is 3.27. The third kappa shape index (κ3) is 3.60. The molecule has 3 heterocycles. The van der Waals surface area contributed by atoms with E-state index in [1.807, 2.05) is 29.0 Å². The van der Waals surface area contributed by atoms with Gasteiger partial charge >= 0.3 is 0 Å². The van der Waals surface area contributed by atoms with Gasteiger partial charge in [0, 0.05) is 42.3 Å². The van der Waals surface area contributed by atoms with Gasteiger partial charge in [-0.2, -0.15) is 11.3 Å². The molecule has 0 unspecified atom stereocenters. The van der Waals surface area contributed by atoms with Crippen LogP contribution in [0.5, 0.6) is 0 Å². The number of aliphatic hydroxyl groups is 1. The molecule has 138 valence electrons. The maximum Gasteiger partial charge on any atom is 0.252 e. The summed E-state index contributed by atoms with van der Waals surface area (Å²) >= 11 is 1.50. The molecule has 0 spiro atoms. The first-order valence-electron chi connectivity index (χ1n) is 9.03. The van der Waals surface area contributed by atoms with Crippen LogP contribution in [0.15, 0.2) is 35.2 Å². The first-order chi connectivity index (χ1) is 12.6. The molecular formula is C19H24N4O2S. The smallest absolute Gasteiger partial charge is 0.252 e. The molecule has 0 bridgehead atoms. The van der Waals surface area contributed by atoms with Crippen LogP contribution in [-0.4, -0.2) is 46.1 Å². The van der Waals surface area contributed by atoms with Crippen molar-refractivity contribution < 1.29 is 9.90 Å². The summed E-state index contributed by atoms with van der Waals surface area (Å²) in [5.41, 5.74) is 7.69. The van der Waals surface area contributed by atoms with Gasteiger partial charge in [-0.15, -0.1) is 0 Å². The zero-order valence-electron chi connectivity index (χ0n) is 14.5. The van der Waals surface area contributed by atoms with Crippen molar-refractivity contribution in [1.29, 1.82) is 0 Å². The molecule has 1 aliphatic carbocycles. The number of pyridine rings is 1. The third-order valence-corrected chi connectivity index (χ3v) is 6.32. The number of hydrogen-bond donors (Lipinski definition) is 3. The van der Waals surface area contributed by atoms with E-state index in [0.29, 0.717) is 23.2 Å². The maximum absolute atomic E-state index is 12.3. The molecule has 4 atom stereocenters. The third-order valence-electron chi connectivity index (χ3n) is 5.64. The highest BCUT2D eigenvalue weighted by molar-refractivity contribution is 7.08. The number of aliphatic hydroxyl groups excluding tert-OH is 1. The summed E-state index contributed by atoms with van der Waals surface area (Å²) in [6.07, 6.45) is 2.78. The molecule has 6 nitrogen and oxygen atoms in total. The molecule has 2 aromatic heterocycles. The number of likely N-dealkylation sites (tertiary alicyclic amines) is 1. The van der Waals surface area contributed by atoms with Gasteiger partial charge in [0.1, 0.15) is 5.82 Å². The number of nitrogens with two attached hydrogens (primary N) is 1. The second kappa shape index (κ2) is 7.34. The van der Waals surface area contributed by atoms with Crippen LogP contribution in [-0.2, 0) is 6.54 Å².